The van der Waals surface area contributed by atoms with Crippen molar-refractivity contribution >= 4 is 0 Å². The van der Waals surface area contributed by atoms with Gasteiger partial charge in [-0.15, -0.1) is 0 Å². The maximum Gasteiger partial charge on any atom is 0.417 e. The molecule has 0 heterocycles. The Bertz CT molecular complexity index is 323. The van der Waals surface area contributed by atoms with Crippen molar-refractivity contribution < 1.29 is 57.4 Å². The topological polar surface area (TPSA) is 9.23 Å². The van der Waals surface area contributed by atoms with Crippen LogP contribution in [0, 0.1) is 5.92 Å². The molecule has 1 nitrogen and oxygen atoms in total. The third kappa shape index (κ3) is 5.43. The van der Waals surface area contributed by atoms with Crippen LogP contribution < -0.4 is 0 Å². The van der Waals surface area contributed by atoms with Crippen LogP contribution in [-0.4, -0.2) is 36.9 Å². The number of rotatable bonds is 5. The highest BCUT2D eigenvalue weighted by atomic mass is 19.4. The first kappa shape index (κ1) is 20.1. The SMILES string of the molecule is CC(F)(F)C(C(OC(F)(F)C(F)F)C(F)(F)F)C(F)(F)F. The first-order chi connectivity index (χ1) is 8.90. The fourth-order valence-corrected chi connectivity index (χ4v) is 1.27. The van der Waals surface area contributed by atoms with E-state index in [1.807, 2.05) is 0 Å². The number of ether oxygens (including phenoxy) is 1. The van der Waals surface area contributed by atoms with Gasteiger partial charge in [-0.3, -0.25) is 0 Å². The zero-order valence-electron chi connectivity index (χ0n) is 9.68. The van der Waals surface area contributed by atoms with Crippen LogP contribution in [0.5, 0.6) is 0 Å². The molecule has 0 aromatic carbocycles. The van der Waals surface area contributed by atoms with Crippen LogP contribution in [0.25, 0.3) is 0 Å². The molecule has 0 aromatic rings. The largest absolute Gasteiger partial charge is 0.417 e. The first-order valence-corrected chi connectivity index (χ1v) is 4.75. The van der Waals surface area contributed by atoms with E-state index in [9.17, 15) is 52.7 Å². The summed E-state index contributed by atoms with van der Waals surface area (Å²) in [4.78, 5) is 0. The van der Waals surface area contributed by atoms with Crippen LogP contribution in [-0.2, 0) is 4.74 Å². The van der Waals surface area contributed by atoms with E-state index < -0.39 is 49.8 Å². The summed E-state index contributed by atoms with van der Waals surface area (Å²) in [5.41, 5.74) is 0. The van der Waals surface area contributed by atoms with Gasteiger partial charge >= 0.3 is 24.9 Å². The lowest BCUT2D eigenvalue weighted by atomic mass is 9.94. The Morgan fingerprint density at radius 1 is 0.714 bits per heavy atom. The standard InChI is InChI=1S/C8H6F12O/c1-5(11,12)2(6(13,14)15)3(7(16,17)18)21-8(19,20)4(9)10/h2-4H,1H3. The second-order valence-corrected chi connectivity index (χ2v) is 3.92. The molecule has 21 heavy (non-hydrogen) atoms. The minimum absolute atomic E-state index is 0.631. The van der Waals surface area contributed by atoms with Gasteiger partial charge < -0.3 is 4.74 Å². The van der Waals surface area contributed by atoms with Gasteiger partial charge in [0.2, 0.25) is 0 Å². The van der Waals surface area contributed by atoms with E-state index in [4.69, 9.17) is 0 Å². The molecule has 0 N–H and O–H groups in total. The summed E-state index contributed by atoms with van der Waals surface area (Å²) in [7, 11) is 0. The van der Waals surface area contributed by atoms with Gasteiger partial charge in [0.05, 0.1) is 0 Å². The van der Waals surface area contributed by atoms with Crippen LogP contribution in [0.2, 0.25) is 0 Å². The highest BCUT2D eigenvalue weighted by Crippen LogP contribution is 2.47. The molecule has 13 heteroatoms. The average Bonchev–Trinajstić information content (AvgIpc) is 2.09. The van der Waals surface area contributed by atoms with E-state index in [1.165, 1.54) is 0 Å². The molecule has 0 rings (SSSR count). The van der Waals surface area contributed by atoms with Crippen molar-refractivity contribution in [2.45, 2.75) is 43.8 Å². The van der Waals surface area contributed by atoms with E-state index >= 15 is 0 Å². The Morgan fingerprint density at radius 2 is 1.10 bits per heavy atom. The molecule has 0 radical (unpaired) electrons. The molecule has 0 saturated heterocycles. The average molecular weight is 346 g/mol. The van der Waals surface area contributed by atoms with Crippen molar-refractivity contribution in [1.29, 1.82) is 0 Å². The molecular weight excluding hydrogens is 340 g/mol. The summed E-state index contributed by atoms with van der Waals surface area (Å²) in [5, 5.41) is 0. The molecule has 0 saturated carbocycles. The third-order valence-electron chi connectivity index (χ3n) is 2.06. The second kappa shape index (κ2) is 5.72. The molecule has 2 atom stereocenters. The van der Waals surface area contributed by atoms with Crippen LogP contribution >= 0.6 is 0 Å². The van der Waals surface area contributed by atoms with E-state index in [0.29, 0.717) is 0 Å². The lowest BCUT2D eigenvalue weighted by Crippen LogP contribution is -2.55. The van der Waals surface area contributed by atoms with E-state index in [2.05, 4.69) is 4.74 Å². The van der Waals surface area contributed by atoms with Crippen LogP contribution in [0.1, 0.15) is 6.92 Å². The number of hydrogen-bond donors (Lipinski definition) is 0. The van der Waals surface area contributed by atoms with Crippen molar-refractivity contribution in [2.24, 2.45) is 5.92 Å². The summed E-state index contributed by atoms with van der Waals surface area (Å²) < 4.78 is 150. The highest BCUT2D eigenvalue weighted by molar-refractivity contribution is 4.91. The van der Waals surface area contributed by atoms with E-state index in [0.717, 1.165) is 0 Å². The molecule has 0 aliphatic carbocycles. The zero-order valence-corrected chi connectivity index (χ0v) is 9.68. The maximum atomic E-state index is 12.7. The Morgan fingerprint density at radius 3 is 1.29 bits per heavy atom. The Labute approximate surface area is 108 Å². The molecular formula is C8H6F12O. The van der Waals surface area contributed by atoms with Gasteiger partial charge in [-0.25, -0.2) is 17.6 Å². The van der Waals surface area contributed by atoms with Crippen molar-refractivity contribution in [1.82, 2.24) is 0 Å². The number of halogens is 12. The smallest absolute Gasteiger partial charge is 0.302 e. The predicted molar refractivity (Wildman–Crippen MR) is 42.0 cm³/mol. The maximum absolute atomic E-state index is 12.7. The van der Waals surface area contributed by atoms with Gasteiger partial charge in [0.25, 0.3) is 5.92 Å². The minimum Gasteiger partial charge on any atom is -0.302 e. The number of alkyl halides is 12. The quantitative estimate of drug-likeness (QED) is 0.660. The van der Waals surface area contributed by atoms with Crippen molar-refractivity contribution in [3.8, 4) is 0 Å². The highest BCUT2D eigenvalue weighted by Gasteiger charge is 2.67. The van der Waals surface area contributed by atoms with Gasteiger partial charge in [-0.05, 0) is 0 Å². The molecule has 0 aromatic heterocycles. The van der Waals surface area contributed by atoms with Gasteiger partial charge in [0.1, 0.15) is 0 Å². The van der Waals surface area contributed by atoms with Crippen LogP contribution in [0.3, 0.4) is 0 Å². The monoisotopic (exact) mass is 346 g/mol. The lowest BCUT2D eigenvalue weighted by Gasteiger charge is -2.35. The predicted octanol–water partition coefficient (Wildman–Crippen LogP) is 4.63. The first-order valence-electron chi connectivity index (χ1n) is 4.75. The van der Waals surface area contributed by atoms with Crippen molar-refractivity contribution in [3.63, 3.8) is 0 Å². The summed E-state index contributed by atoms with van der Waals surface area (Å²) >= 11 is 0. The lowest BCUT2D eigenvalue weighted by molar-refractivity contribution is -0.398. The summed E-state index contributed by atoms with van der Waals surface area (Å²) in [5.74, 6) is -9.99. The molecule has 2 unspecified atom stereocenters. The molecule has 0 aliphatic rings. The summed E-state index contributed by atoms with van der Waals surface area (Å²) in [6.45, 7) is -0.631. The van der Waals surface area contributed by atoms with Gasteiger partial charge in [0, 0.05) is 6.92 Å². The normalized spacial score (nSPS) is 18.0. The Kier molecular flexibility index (Phi) is 5.48. The zero-order chi connectivity index (χ0) is 17.4. The van der Waals surface area contributed by atoms with Gasteiger partial charge in [-0.1, -0.05) is 0 Å². The summed E-state index contributed by atoms with van der Waals surface area (Å²) in [6, 6.07) is 0. The molecule has 0 fully saturated rings. The third-order valence-corrected chi connectivity index (χ3v) is 2.06. The Hall–Kier alpha value is -0.880. The van der Waals surface area contributed by atoms with Crippen molar-refractivity contribution in [3.05, 3.63) is 0 Å². The van der Waals surface area contributed by atoms with Crippen molar-refractivity contribution in [2.75, 3.05) is 0 Å². The molecule has 0 aliphatic heterocycles. The van der Waals surface area contributed by atoms with Gasteiger partial charge in [-0.2, -0.15) is 35.1 Å². The van der Waals surface area contributed by atoms with Gasteiger partial charge in [0.15, 0.2) is 12.0 Å². The molecule has 128 valence electrons. The number of hydrogen-bond acceptors (Lipinski definition) is 1. The Balaban J connectivity index is 5.81. The fourth-order valence-electron chi connectivity index (χ4n) is 1.27. The minimum atomic E-state index is -6.39. The van der Waals surface area contributed by atoms with Crippen LogP contribution in [0.15, 0.2) is 0 Å². The molecule has 0 amide bonds. The fraction of sp³-hybridized carbons (Fsp3) is 1.00. The van der Waals surface area contributed by atoms with E-state index in [-0.39, 0.29) is 0 Å². The summed E-state index contributed by atoms with van der Waals surface area (Å²) in [6.07, 6.45) is -28.5. The van der Waals surface area contributed by atoms with Crippen LogP contribution in [0.4, 0.5) is 52.7 Å². The van der Waals surface area contributed by atoms with E-state index in [1.54, 1.807) is 0 Å². The molecule has 0 spiro atoms. The molecule has 0 bridgehead atoms. The second-order valence-electron chi connectivity index (χ2n) is 3.92.